The van der Waals surface area contributed by atoms with Crippen LogP contribution >= 0.6 is 15.9 Å². The summed E-state index contributed by atoms with van der Waals surface area (Å²) in [5.41, 5.74) is 4.26. The zero-order valence-corrected chi connectivity index (χ0v) is 23.0. The highest BCUT2D eigenvalue weighted by Crippen LogP contribution is 2.27. The molecule has 0 heterocycles. The monoisotopic (exact) mass is 512 g/mol. The van der Waals surface area contributed by atoms with E-state index in [4.69, 9.17) is 0 Å². The molecule has 0 saturated carbocycles. The number of hydrogen-bond acceptors (Lipinski definition) is 0. The van der Waals surface area contributed by atoms with Crippen molar-refractivity contribution in [3.8, 4) is 0 Å². The first-order chi connectivity index (χ1) is 16.3. The van der Waals surface area contributed by atoms with Crippen molar-refractivity contribution in [1.82, 2.24) is 0 Å². The molecule has 2 aromatic rings. The van der Waals surface area contributed by atoms with E-state index in [0.29, 0.717) is 4.83 Å². The Balaban J connectivity index is 1.40. The van der Waals surface area contributed by atoms with Crippen LogP contribution in [0.1, 0.15) is 131 Å². The summed E-state index contributed by atoms with van der Waals surface area (Å²) in [6.07, 6.45) is 25.3. The van der Waals surface area contributed by atoms with Gasteiger partial charge in [0.25, 0.3) is 0 Å². The lowest BCUT2D eigenvalue weighted by Gasteiger charge is -2.11. The third kappa shape index (κ3) is 14.0. The zero-order chi connectivity index (χ0) is 23.4. The molecule has 0 spiro atoms. The van der Waals surface area contributed by atoms with E-state index >= 15 is 0 Å². The summed E-state index contributed by atoms with van der Waals surface area (Å²) >= 11 is 3.85. The lowest BCUT2D eigenvalue weighted by molar-refractivity contribution is 0.529. The van der Waals surface area contributed by atoms with Crippen LogP contribution in [-0.4, -0.2) is 0 Å². The van der Waals surface area contributed by atoms with Crippen molar-refractivity contribution in [2.45, 2.75) is 127 Å². The van der Waals surface area contributed by atoms with Crippen LogP contribution in [0.4, 0.5) is 0 Å². The van der Waals surface area contributed by atoms with Crippen molar-refractivity contribution in [2.24, 2.45) is 0 Å². The highest BCUT2D eigenvalue weighted by Gasteiger charge is 2.08. The topological polar surface area (TPSA) is 0 Å². The van der Waals surface area contributed by atoms with Gasteiger partial charge in [-0.25, -0.2) is 0 Å². The van der Waals surface area contributed by atoms with Gasteiger partial charge >= 0.3 is 0 Å². The number of aryl methyl sites for hydroxylation is 1. The molecule has 0 N–H and O–H groups in total. The minimum Gasteiger partial charge on any atom is -0.0835 e. The summed E-state index contributed by atoms with van der Waals surface area (Å²) in [5.74, 6) is 0. The van der Waals surface area contributed by atoms with Crippen LogP contribution in [-0.2, 0) is 12.8 Å². The van der Waals surface area contributed by atoms with Crippen molar-refractivity contribution >= 4 is 15.9 Å². The van der Waals surface area contributed by atoms with Gasteiger partial charge in [-0.15, -0.1) is 0 Å². The summed E-state index contributed by atoms with van der Waals surface area (Å²) < 4.78 is 0. The van der Waals surface area contributed by atoms with E-state index in [1.807, 2.05) is 0 Å². The molecule has 0 aromatic heterocycles. The van der Waals surface area contributed by atoms with Crippen LogP contribution in [0.25, 0.3) is 0 Å². The molecule has 0 aliphatic carbocycles. The van der Waals surface area contributed by atoms with Crippen LogP contribution in [0.15, 0.2) is 54.6 Å². The SMILES string of the molecule is CCCCCCCCCCCCCCCCCCc1ccc(CC(Br)c2ccccc2)cc1. The second-order valence-corrected chi connectivity index (χ2v) is 11.1. The smallest absolute Gasteiger partial charge is 0.0435 e. The van der Waals surface area contributed by atoms with E-state index in [1.54, 1.807) is 0 Å². The lowest BCUT2D eigenvalue weighted by atomic mass is 10.0. The minimum atomic E-state index is 0.393. The van der Waals surface area contributed by atoms with E-state index < -0.39 is 0 Å². The van der Waals surface area contributed by atoms with Crippen molar-refractivity contribution < 1.29 is 0 Å². The van der Waals surface area contributed by atoms with E-state index in [-0.39, 0.29) is 0 Å². The minimum absolute atomic E-state index is 0.393. The van der Waals surface area contributed by atoms with Crippen LogP contribution in [0, 0.1) is 0 Å². The largest absolute Gasteiger partial charge is 0.0835 e. The van der Waals surface area contributed by atoms with Gasteiger partial charge in [0, 0.05) is 4.83 Å². The predicted molar refractivity (Wildman–Crippen MR) is 152 cm³/mol. The number of rotatable bonds is 20. The summed E-state index contributed by atoms with van der Waals surface area (Å²) in [5, 5.41) is 0. The Morgan fingerprint density at radius 1 is 0.515 bits per heavy atom. The molecule has 2 aromatic carbocycles. The van der Waals surface area contributed by atoms with E-state index in [0.717, 1.165) is 6.42 Å². The third-order valence-corrected chi connectivity index (χ3v) is 7.77. The normalized spacial score (nSPS) is 12.2. The summed E-state index contributed by atoms with van der Waals surface area (Å²) in [6, 6.07) is 20.0. The molecule has 33 heavy (non-hydrogen) atoms. The molecular formula is C32H49Br. The van der Waals surface area contributed by atoms with E-state index in [2.05, 4.69) is 77.5 Å². The maximum Gasteiger partial charge on any atom is 0.0435 e. The first-order valence-corrected chi connectivity index (χ1v) is 15.0. The van der Waals surface area contributed by atoms with Crippen molar-refractivity contribution in [1.29, 1.82) is 0 Å². The Bertz CT molecular complexity index is 675. The molecule has 0 radical (unpaired) electrons. The van der Waals surface area contributed by atoms with E-state index in [9.17, 15) is 0 Å². The van der Waals surface area contributed by atoms with Gasteiger partial charge in [0.1, 0.15) is 0 Å². The molecule has 0 fully saturated rings. The number of alkyl halides is 1. The molecular weight excluding hydrogens is 464 g/mol. The Labute approximate surface area is 214 Å². The molecule has 0 aliphatic rings. The number of halogens is 1. The summed E-state index contributed by atoms with van der Waals surface area (Å²) in [7, 11) is 0. The first kappa shape index (κ1) is 28.2. The van der Waals surface area contributed by atoms with Gasteiger partial charge in [-0.2, -0.15) is 0 Å². The van der Waals surface area contributed by atoms with Gasteiger partial charge in [-0.1, -0.05) is 174 Å². The summed E-state index contributed by atoms with van der Waals surface area (Å²) in [4.78, 5) is 0.393. The van der Waals surface area contributed by atoms with Crippen LogP contribution in [0.2, 0.25) is 0 Å². The zero-order valence-electron chi connectivity index (χ0n) is 21.4. The molecule has 0 aliphatic heterocycles. The van der Waals surface area contributed by atoms with Crippen molar-refractivity contribution in [2.75, 3.05) is 0 Å². The van der Waals surface area contributed by atoms with Gasteiger partial charge in [-0.3, -0.25) is 0 Å². The maximum atomic E-state index is 3.85. The lowest BCUT2D eigenvalue weighted by Crippen LogP contribution is -1.95. The molecule has 1 unspecified atom stereocenters. The Hall–Kier alpha value is -1.08. The fraction of sp³-hybridized carbons (Fsp3) is 0.625. The van der Waals surface area contributed by atoms with E-state index in [1.165, 1.54) is 126 Å². The second kappa shape index (κ2) is 19.2. The van der Waals surface area contributed by atoms with Crippen molar-refractivity contribution in [3.05, 3.63) is 71.3 Å². The fourth-order valence-corrected chi connectivity index (χ4v) is 5.38. The quantitative estimate of drug-likeness (QED) is 0.122. The van der Waals surface area contributed by atoms with Gasteiger partial charge < -0.3 is 0 Å². The standard InChI is InChI=1S/C32H49Br/c1-2-3-4-5-6-7-8-9-10-11-12-13-14-15-16-18-21-29-24-26-30(27-25-29)28-32(33)31-22-19-17-20-23-31/h17,19-20,22-27,32H,2-16,18,21,28H2,1H3. The van der Waals surface area contributed by atoms with Gasteiger partial charge in [0.15, 0.2) is 0 Å². The molecule has 2 rings (SSSR count). The molecule has 1 heteroatoms. The van der Waals surface area contributed by atoms with Gasteiger partial charge in [0.05, 0.1) is 0 Å². The number of unbranched alkanes of at least 4 members (excludes halogenated alkanes) is 15. The van der Waals surface area contributed by atoms with Crippen LogP contribution < -0.4 is 0 Å². The highest BCUT2D eigenvalue weighted by atomic mass is 79.9. The fourth-order valence-electron chi connectivity index (χ4n) is 4.71. The predicted octanol–water partition coefficient (Wildman–Crippen LogP) is 11.2. The first-order valence-electron chi connectivity index (χ1n) is 14.1. The third-order valence-electron chi connectivity index (χ3n) is 6.92. The molecule has 1 atom stereocenters. The molecule has 0 bridgehead atoms. The Kier molecular flexibility index (Phi) is 16.4. The van der Waals surface area contributed by atoms with Gasteiger partial charge in [0.2, 0.25) is 0 Å². The summed E-state index contributed by atoms with van der Waals surface area (Å²) in [6.45, 7) is 2.30. The van der Waals surface area contributed by atoms with Crippen LogP contribution in [0.3, 0.4) is 0 Å². The highest BCUT2D eigenvalue weighted by molar-refractivity contribution is 9.09. The molecule has 0 nitrogen and oxygen atoms in total. The Morgan fingerprint density at radius 3 is 1.42 bits per heavy atom. The number of hydrogen-bond donors (Lipinski definition) is 0. The molecule has 0 amide bonds. The molecule has 0 saturated heterocycles. The van der Waals surface area contributed by atoms with Crippen LogP contribution in [0.5, 0.6) is 0 Å². The average molecular weight is 514 g/mol. The Morgan fingerprint density at radius 2 is 0.939 bits per heavy atom. The van der Waals surface area contributed by atoms with Crippen molar-refractivity contribution in [3.63, 3.8) is 0 Å². The average Bonchev–Trinajstić information content (AvgIpc) is 2.85. The maximum absolute atomic E-state index is 3.85. The van der Waals surface area contributed by atoms with Gasteiger partial charge in [-0.05, 0) is 36.0 Å². The second-order valence-electron chi connectivity index (χ2n) is 9.95. The number of benzene rings is 2. The molecule has 184 valence electrons.